The van der Waals surface area contributed by atoms with Gasteiger partial charge in [0, 0.05) is 12.0 Å². The molecule has 2 atom stereocenters. The largest absolute Gasteiger partial charge is 0.493 e. The van der Waals surface area contributed by atoms with E-state index in [0.717, 1.165) is 42.7 Å². The molecule has 3 heteroatoms. The highest BCUT2D eigenvalue weighted by molar-refractivity contribution is 6.00. The van der Waals surface area contributed by atoms with E-state index in [-0.39, 0.29) is 18.0 Å². The number of benzene rings is 1. The summed E-state index contributed by atoms with van der Waals surface area (Å²) < 4.78 is 11.0. The Morgan fingerprint density at radius 2 is 2.24 bits per heavy atom. The van der Waals surface area contributed by atoms with Crippen LogP contribution in [0.4, 0.5) is 0 Å². The molecule has 0 aliphatic carbocycles. The van der Waals surface area contributed by atoms with E-state index in [1.165, 1.54) is 0 Å². The van der Waals surface area contributed by atoms with Crippen molar-refractivity contribution in [2.45, 2.75) is 38.4 Å². The van der Waals surface area contributed by atoms with Gasteiger partial charge in [0.05, 0.1) is 12.7 Å². The number of fused-ring (bicyclic) bond motifs is 1. The molecular formula is C14H16O3. The molecule has 2 aliphatic heterocycles. The Morgan fingerprint density at radius 3 is 3.00 bits per heavy atom. The van der Waals surface area contributed by atoms with Crippen molar-refractivity contribution in [1.82, 2.24) is 0 Å². The minimum Gasteiger partial charge on any atom is -0.493 e. The van der Waals surface area contributed by atoms with Gasteiger partial charge in [0.25, 0.3) is 0 Å². The van der Waals surface area contributed by atoms with Crippen molar-refractivity contribution in [2.24, 2.45) is 0 Å². The van der Waals surface area contributed by atoms with Crippen LogP contribution in [0.2, 0.25) is 0 Å². The Morgan fingerprint density at radius 1 is 1.35 bits per heavy atom. The zero-order valence-corrected chi connectivity index (χ0v) is 9.94. The van der Waals surface area contributed by atoms with E-state index >= 15 is 0 Å². The smallest absolute Gasteiger partial charge is 0.191 e. The fourth-order valence-electron chi connectivity index (χ4n) is 2.52. The maximum Gasteiger partial charge on any atom is 0.191 e. The van der Waals surface area contributed by atoms with Crippen LogP contribution in [0.25, 0.3) is 0 Å². The number of ketones is 1. The average molecular weight is 232 g/mol. The fraction of sp³-hybridized carbons (Fsp3) is 0.500. The summed E-state index contributed by atoms with van der Waals surface area (Å²) in [5, 5.41) is 0. The third-order valence-electron chi connectivity index (χ3n) is 3.50. The van der Waals surface area contributed by atoms with Gasteiger partial charge in [-0.15, -0.1) is 0 Å². The van der Waals surface area contributed by atoms with Crippen molar-refractivity contribution in [3.63, 3.8) is 0 Å². The molecule has 0 amide bonds. The van der Waals surface area contributed by atoms with Crippen molar-refractivity contribution in [2.75, 3.05) is 6.61 Å². The predicted octanol–water partition coefficient (Wildman–Crippen LogP) is 2.37. The summed E-state index contributed by atoms with van der Waals surface area (Å²) in [5.41, 5.74) is 1.90. The molecule has 0 spiro atoms. The molecule has 1 aromatic rings. The molecule has 1 fully saturated rings. The molecule has 2 aliphatic rings. The summed E-state index contributed by atoms with van der Waals surface area (Å²) in [5.74, 6) is 1.03. The number of ether oxygens (including phenoxy) is 2. The summed E-state index contributed by atoms with van der Waals surface area (Å²) in [6, 6.07) is 5.70. The molecule has 0 saturated carbocycles. The van der Waals surface area contributed by atoms with E-state index in [1.807, 2.05) is 25.1 Å². The van der Waals surface area contributed by atoms with Gasteiger partial charge in [-0.25, -0.2) is 0 Å². The van der Waals surface area contributed by atoms with Crippen LogP contribution in [0.3, 0.4) is 0 Å². The maximum absolute atomic E-state index is 12.2. The summed E-state index contributed by atoms with van der Waals surface area (Å²) in [6.07, 6.45) is 2.68. The van der Waals surface area contributed by atoms with E-state index in [2.05, 4.69) is 0 Å². The summed E-state index contributed by atoms with van der Waals surface area (Å²) in [7, 11) is 0. The topological polar surface area (TPSA) is 35.5 Å². The minimum absolute atomic E-state index is 0.115. The van der Waals surface area contributed by atoms with Gasteiger partial charge in [0.2, 0.25) is 0 Å². The normalized spacial score (nSPS) is 26.6. The Kier molecular flexibility index (Phi) is 2.63. The second-order valence-electron chi connectivity index (χ2n) is 4.80. The Hall–Kier alpha value is -1.35. The number of carbonyl (C=O) groups excluding carboxylic acids is 1. The first-order valence-electron chi connectivity index (χ1n) is 6.19. The van der Waals surface area contributed by atoms with Crippen LogP contribution in [0, 0.1) is 0 Å². The highest BCUT2D eigenvalue weighted by Crippen LogP contribution is 2.28. The molecule has 1 saturated heterocycles. The Balaban J connectivity index is 1.82. The summed E-state index contributed by atoms with van der Waals surface area (Å²) >= 11 is 0. The van der Waals surface area contributed by atoms with Crippen LogP contribution in [-0.2, 0) is 11.2 Å². The van der Waals surface area contributed by atoms with Crippen molar-refractivity contribution in [3.05, 3.63) is 29.3 Å². The van der Waals surface area contributed by atoms with Crippen molar-refractivity contribution in [1.29, 1.82) is 0 Å². The van der Waals surface area contributed by atoms with Crippen LogP contribution in [-0.4, -0.2) is 24.6 Å². The molecule has 2 unspecified atom stereocenters. The zero-order valence-electron chi connectivity index (χ0n) is 9.94. The fourth-order valence-corrected chi connectivity index (χ4v) is 2.52. The van der Waals surface area contributed by atoms with E-state index < -0.39 is 0 Å². The molecular weight excluding hydrogens is 216 g/mol. The lowest BCUT2D eigenvalue weighted by atomic mass is 10.0. The molecule has 3 rings (SSSR count). The molecule has 90 valence electrons. The molecule has 0 bridgehead atoms. The number of hydrogen-bond acceptors (Lipinski definition) is 3. The van der Waals surface area contributed by atoms with Gasteiger partial charge < -0.3 is 9.47 Å². The molecule has 1 aromatic carbocycles. The average Bonchev–Trinajstić information content (AvgIpc) is 2.95. The van der Waals surface area contributed by atoms with Gasteiger partial charge in [-0.1, -0.05) is 0 Å². The van der Waals surface area contributed by atoms with Crippen molar-refractivity contribution in [3.8, 4) is 5.75 Å². The van der Waals surface area contributed by atoms with Gasteiger partial charge >= 0.3 is 0 Å². The molecule has 3 nitrogen and oxygen atoms in total. The van der Waals surface area contributed by atoms with Gasteiger partial charge in [0.1, 0.15) is 11.9 Å². The van der Waals surface area contributed by atoms with E-state index in [4.69, 9.17) is 9.47 Å². The predicted molar refractivity (Wildman–Crippen MR) is 63.5 cm³/mol. The standard InChI is InChI=1S/C14H16O3/c1-9-2-4-13(17-9)14(15)11-3-5-12-10(8-11)6-7-16-12/h3,5,8-9,13H,2,4,6-7H2,1H3. The van der Waals surface area contributed by atoms with E-state index in [9.17, 15) is 4.79 Å². The van der Waals surface area contributed by atoms with Crippen molar-refractivity contribution >= 4 is 5.78 Å². The molecule has 0 radical (unpaired) electrons. The van der Waals surface area contributed by atoms with Gasteiger partial charge in [-0.2, -0.15) is 0 Å². The van der Waals surface area contributed by atoms with Gasteiger partial charge in [-0.05, 0) is 43.5 Å². The highest BCUT2D eigenvalue weighted by atomic mass is 16.5. The lowest BCUT2D eigenvalue weighted by Crippen LogP contribution is -2.20. The molecule has 0 aromatic heterocycles. The van der Waals surface area contributed by atoms with Crippen LogP contribution in [0.15, 0.2) is 18.2 Å². The van der Waals surface area contributed by atoms with Crippen LogP contribution >= 0.6 is 0 Å². The van der Waals surface area contributed by atoms with Crippen LogP contribution < -0.4 is 4.74 Å². The molecule has 0 N–H and O–H groups in total. The Bertz CT molecular complexity index is 453. The first kappa shape index (κ1) is 10.8. The second kappa shape index (κ2) is 4.15. The van der Waals surface area contributed by atoms with E-state index in [0.29, 0.717) is 0 Å². The first-order valence-corrected chi connectivity index (χ1v) is 6.19. The van der Waals surface area contributed by atoms with Gasteiger partial charge in [0.15, 0.2) is 5.78 Å². The number of rotatable bonds is 2. The quantitative estimate of drug-likeness (QED) is 0.734. The number of hydrogen-bond donors (Lipinski definition) is 0. The van der Waals surface area contributed by atoms with Crippen molar-refractivity contribution < 1.29 is 14.3 Å². The monoisotopic (exact) mass is 232 g/mol. The maximum atomic E-state index is 12.2. The molecule has 2 heterocycles. The van der Waals surface area contributed by atoms with Crippen LogP contribution in [0.5, 0.6) is 5.75 Å². The van der Waals surface area contributed by atoms with Gasteiger partial charge in [-0.3, -0.25) is 4.79 Å². The zero-order chi connectivity index (χ0) is 11.8. The lowest BCUT2D eigenvalue weighted by Gasteiger charge is -2.10. The first-order chi connectivity index (χ1) is 8.24. The van der Waals surface area contributed by atoms with Crippen LogP contribution in [0.1, 0.15) is 35.7 Å². The number of Topliss-reactive ketones (excluding diaryl/α,β-unsaturated/α-hetero) is 1. The Labute approximate surface area is 101 Å². The molecule has 17 heavy (non-hydrogen) atoms. The number of carbonyl (C=O) groups is 1. The summed E-state index contributed by atoms with van der Waals surface area (Å²) in [4.78, 5) is 12.2. The SMILES string of the molecule is CC1CCC(C(=O)c2ccc3c(c2)CCO3)O1. The second-order valence-corrected chi connectivity index (χ2v) is 4.80. The van der Waals surface area contributed by atoms with E-state index in [1.54, 1.807) is 0 Å². The third-order valence-corrected chi connectivity index (χ3v) is 3.50. The third kappa shape index (κ3) is 1.95. The minimum atomic E-state index is -0.245. The highest BCUT2D eigenvalue weighted by Gasteiger charge is 2.29. The lowest BCUT2D eigenvalue weighted by molar-refractivity contribution is 0.0433. The summed E-state index contributed by atoms with van der Waals surface area (Å²) in [6.45, 7) is 2.74.